The fraction of sp³-hybridized carbons (Fsp3) is 0.500. The molecular weight excluding hydrogens is 248 g/mol. The average molecular weight is 272 g/mol. The van der Waals surface area contributed by atoms with E-state index in [1.54, 1.807) is 0 Å². The number of esters is 1. The highest BCUT2D eigenvalue weighted by Gasteiger charge is 2.20. The van der Waals surface area contributed by atoms with E-state index in [-0.39, 0.29) is 11.6 Å². The van der Waals surface area contributed by atoms with E-state index in [0.29, 0.717) is 12.3 Å². The number of rotatable bonds is 3. The zero-order valence-corrected chi connectivity index (χ0v) is 12.7. The van der Waals surface area contributed by atoms with Crippen LogP contribution in [-0.2, 0) is 9.53 Å². The van der Waals surface area contributed by atoms with Gasteiger partial charge in [0.25, 0.3) is 0 Å². The molecule has 0 radical (unpaired) electrons. The summed E-state index contributed by atoms with van der Waals surface area (Å²) in [5.41, 5.74) is 2.24. The molecule has 2 nitrogen and oxygen atoms in total. The number of allylic oxidation sites excluding steroid dienone is 1. The maximum absolute atomic E-state index is 11.8. The Balaban J connectivity index is 1.88. The van der Waals surface area contributed by atoms with Gasteiger partial charge in [-0.2, -0.15) is 0 Å². The van der Waals surface area contributed by atoms with Gasteiger partial charge in [0.05, 0.1) is 6.42 Å². The van der Waals surface area contributed by atoms with Crippen LogP contribution in [0.4, 0.5) is 0 Å². The van der Waals surface area contributed by atoms with Crippen LogP contribution < -0.4 is 0 Å². The van der Waals surface area contributed by atoms with E-state index in [1.165, 1.54) is 11.1 Å². The highest BCUT2D eigenvalue weighted by Crippen LogP contribution is 2.33. The van der Waals surface area contributed by atoms with Gasteiger partial charge in [0.15, 0.2) is 0 Å². The van der Waals surface area contributed by atoms with E-state index >= 15 is 0 Å². The molecule has 0 amide bonds. The van der Waals surface area contributed by atoms with Crippen LogP contribution in [0.1, 0.15) is 57.9 Å². The molecule has 1 aliphatic rings. The number of hydrogen-bond acceptors (Lipinski definition) is 2. The lowest BCUT2D eigenvalue weighted by Crippen LogP contribution is -2.24. The second kappa shape index (κ2) is 6.25. The van der Waals surface area contributed by atoms with Crippen molar-refractivity contribution < 1.29 is 9.53 Å². The molecule has 1 atom stereocenters. The van der Waals surface area contributed by atoms with Crippen molar-refractivity contribution >= 4 is 5.97 Å². The standard InChI is InChI=1S/C18H24O2/c1-18(2,3)20-17(19)13-14-9-11-16(12-10-14)15-7-5-4-6-8-15/h4-9,16H,10-13H2,1-3H3. The zero-order chi connectivity index (χ0) is 14.6. The summed E-state index contributed by atoms with van der Waals surface area (Å²) in [4.78, 5) is 11.8. The summed E-state index contributed by atoms with van der Waals surface area (Å²) in [5.74, 6) is 0.487. The summed E-state index contributed by atoms with van der Waals surface area (Å²) in [7, 11) is 0. The number of benzene rings is 1. The summed E-state index contributed by atoms with van der Waals surface area (Å²) in [6, 6.07) is 10.6. The number of hydrogen-bond donors (Lipinski definition) is 0. The van der Waals surface area contributed by atoms with Gasteiger partial charge in [-0.3, -0.25) is 4.79 Å². The molecule has 0 spiro atoms. The van der Waals surface area contributed by atoms with Crippen molar-refractivity contribution in [2.75, 3.05) is 0 Å². The summed E-state index contributed by atoms with van der Waals surface area (Å²) >= 11 is 0. The molecule has 1 aromatic rings. The predicted molar refractivity (Wildman–Crippen MR) is 81.6 cm³/mol. The quantitative estimate of drug-likeness (QED) is 0.593. The van der Waals surface area contributed by atoms with Gasteiger partial charge in [-0.15, -0.1) is 0 Å². The predicted octanol–water partition coefficient (Wildman–Crippen LogP) is 4.61. The largest absolute Gasteiger partial charge is 0.460 e. The van der Waals surface area contributed by atoms with Gasteiger partial charge in [-0.1, -0.05) is 42.0 Å². The van der Waals surface area contributed by atoms with Crippen LogP contribution in [-0.4, -0.2) is 11.6 Å². The second-order valence-electron chi connectivity index (χ2n) is 6.51. The van der Waals surface area contributed by atoms with E-state index in [4.69, 9.17) is 4.74 Å². The molecule has 0 saturated heterocycles. The molecule has 0 bridgehead atoms. The lowest BCUT2D eigenvalue weighted by Gasteiger charge is -2.24. The maximum atomic E-state index is 11.8. The Morgan fingerprint density at radius 1 is 1.25 bits per heavy atom. The van der Waals surface area contributed by atoms with Crippen molar-refractivity contribution in [2.45, 2.75) is 58.0 Å². The molecule has 0 heterocycles. The molecule has 0 fully saturated rings. The summed E-state index contributed by atoms with van der Waals surface area (Å²) in [6.45, 7) is 5.72. The normalized spacial score (nSPS) is 19.4. The maximum Gasteiger partial charge on any atom is 0.310 e. The monoisotopic (exact) mass is 272 g/mol. The average Bonchev–Trinajstić information content (AvgIpc) is 2.38. The summed E-state index contributed by atoms with van der Waals surface area (Å²) in [5, 5.41) is 0. The van der Waals surface area contributed by atoms with E-state index in [1.807, 2.05) is 20.8 Å². The van der Waals surface area contributed by atoms with Gasteiger partial charge in [0.2, 0.25) is 0 Å². The van der Waals surface area contributed by atoms with Crippen LogP contribution in [0.2, 0.25) is 0 Å². The van der Waals surface area contributed by atoms with Crippen LogP contribution in [0.15, 0.2) is 42.0 Å². The van der Waals surface area contributed by atoms with Crippen molar-refractivity contribution in [1.82, 2.24) is 0 Å². The van der Waals surface area contributed by atoms with Crippen LogP contribution in [0.25, 0.3) is 0 Å². The Kier molecular flexibility index (Phi) is 4.64. The molecule has 20 heavy (non-hydrogen) atoms. The molecule has 1 aromatic carbocycles. The van der Waals surface area contributed by atoms with Crippen molar-refractivity contribution in [3.63, 3.8) is 0 Å². The third-order valence-electron chi connectivity index (χ3n) is 3.57. The van der Waals surface area contributed by atoms with Crippen LogP contribution >= 0.6 is 0 Å². The Morgan fingerprint density at radius 3 is 2.50 bits per heavy atom. The SMILES string of the molecule is CC(C)(C)OC(=O)CC1=CCC(c2ccccc2)CC1. The van der Waals surface area contributed by atoms with Crippen molar-refractivity contribution in [2.24, 2.45) is 0 Å². The Hall–Kier alpha value is -1.57. The molecule has 1 unspecified atom stereocenters. The molecule has 0 aliphatic heterocycles. The second-order valence-corrected chi connectivity index (χ2v) is 6.51. The van der Waals surface area contributed by atoms with Crippen LogP contribution in [0.5, 0.6) is 0 Å². The van der Waals surface area contributed by atoms with Gasteiger partial charge in [-0.05, 0) is 51.5 Å². The van der Waals surface area contributed by atoms with E-state index in [0.717, 1.165) is 19.3 Å². The lowest BCUT2D eigenvalue weighted by atomic mass is 9.84. The van der Waals surface area contributed by atoms with Crippen LogP contribution in [0, 0.1) is 0 Å². The molecular formula is C18H24O2. The first-order valence-corrected chi connectivity index (χ1v) is 7.39. The molecule has 2 rings (SSSR count). The van der Waals surface area contributed by atoms with Crippen LogP contribution in [0.3, 0.4) is 0 Å². The molecule has 0 N–H and O–H groups in total. The van der Waals surface area contributed by atoms with Gasteiger partial charge < -0.3 is 4.74 Å². The molecule has 2 heteroatoms. The minimum Gasteiger partial charge on any atom is -0.460 e. The highest BCUT2D eigenvalue weighted by atomic mass is 16.6. The smallest absolute Gasteiger partial charge is 0.310 e. The van der Waals surface area contributed by atoms with E-state index in [2.05, 4.69) is 36.4 Å². The molecule has 0 aromatic heterocycles. The topological polar surface area (TPSA) is 26.3 Å². The highest BCUT2D eigenvalue weighted by molar-refractivity contribution is 5.72. The number of carbonyl (C=O) groups excluding carboxylic acids is 1. The van der Waals surface area contributed by atoms with E-state index < -0.39 is 0 Å². The molecule has 108 valence electrons. The van der Waals surface area contributed by atoms with Crippen molar-refractivity contribution in [3.8, 4) is 0 Å². The number of ether oxygens (including phenoxy) is 1. The summed E-state index contributed by atoms with van der Waals surface area (Å²) < 4.78 is 5.37. The van der Waals surface area contributed by atoms with Crippen molar-refractivity contribution in [1.29, 1.82) is 0 Å². The van der Waals surface area contributed by atoms with Gasteiger partial charge in [0.1, 0.15) is 5.60 Å². The van der Waals surface area contributed by atoms with Gasteiger partial charge >= 0.3 is 5.97 Å². The fourth-order valence-corrected chi connectivity index (χ4v) is 2.64. The molecule has 0 saturated carbocycles. The minimum atomic E-state index is -0.390. The Morgan fingerprint density at radius 2 is 1.95 bits per heavy atom. The van der Waals surface area contributed by atoms with E-state index in [9.17, 15) is 4.79 Å². The fourth-order valence-electron chi connectivity index (χ4n) is 2.64. The summed E-state index contributed by atoms with van der Waals surface area (Å²) in [6.07, 6.45) is 5.82. The van der Waals surface area contributed by atoms with Crippen molar-refractivity contribution in [3.05, 3.63) is 47.5 Å². The minimum absolute atomic E-state index is 0.109. The third-order valence-corrected chi connectivity index (χ3v) is 3.57. The first-order chi connectivity index (χ1) is 9.44. The third kappa shape index (κ3) is 4.52. The first kappa shape index (κ1) is 14.8. The van der Waals surface area contributed by atoms with Gasteiger partial charge in [0, 0.05) is 0 Å². The van der Waals surface area contributed by atoms with Gasteiger partial charge in [-0.25, -0.2) is 0 Å². The first-order valence-electron chi connectivity index (χ1n) is 7.39. The molecule has 1 aliphatic carbocycles. The Labute approximate surface area is 121 Å². The lowest BCUT2D eigenvalue weighted by molar-refractivity contribution is -0.153. The Bertz CT molecular complexity index is 480. The number of carbonyl (C=O) groups is 1. The zero-order valence-electron chi connectivity index (χ0n) is 12.7.